The predicted octanol–water partition coefficient (Wildman–Crippen LogP) is 2.75. The van der Waals surface area contributed by atoms with Gasteiger partial charge >= 0.3 is 0 Å². The molecule has 1 aliphatic rings. The average Bonchev–Trinajstić information content (AvgIpc) is 2.61. The van der Waals surface area contributed by atoms with Crippen molar-refractivity contribution in [1.82, 2.24) is 0 Å². The lowest BCUT2D eigenvalue weighted by molar-refractivity contribution is 0.476. The highest BCUT2D eigenvalue weighted by molar-refractivity contribution is 5.55. The van der Waals surface area contributed by atoms with Gasteiger partial charge in [0.15, 0.2) is 0 Å². The lowest BCUT2D eigenvalue weighted by atomic mass is 10.2. The second-order valence-corrected chi connectivity index (χ2v) is 3.64. The number of rotatable bonds is 2. The Hall–Kier alpha value is -1.18. The van der Waals surface area contributed by atoms with Crippen molar-refractivity contribution in [2.45, 2.75) is 31.7 Å². The number of hydrogen-bond acceptors (Lipinski definition) is 2. The van der Waals surface area contributed by atoms with E-state index in [9.17, 15) is 5.11 Å². The predicted molar refractivity (Wildman–Crippen MR) is 54.0 cm³/mol. The molecule has 0 radical (unpaired) electrons. The summed E-state index contributed by atoms with van der Waals surface area (Å²) in [6.45, 7) is 0. The van der Waals surface area contributed by atoms with E-state index >= 15 is 0 Å². The molecule has 2 rings (SSSR count). The average molecular weight is 177 g/mol. The maximum atomic E-state index is 9.51. The molecular formula is C11H15NO. The fourth-order valence-electron chi connectivity index (χ4n) is 1.89. The van der Waals surface area contributed by atoms with Crippen LogP contribution in [-0.4, -0.2) is 11.1 Å². The molecule has 1 fully saturated rings. The topological polar surface area (TPSA) is 32.3 Å². The summed E-state index contributed by atoms with van der Waals surface area (Å²) >= 11 is 0. The Bertz CT molecular complexity index is 279. The van der Waals surface area contributed by atoms with Gasteiger partial charge in [-0.1, -0.05) is 25.0 Å². The molecular weight excluding hydrogens is 162 g/mol. The van der Waals surface area contributed by atoms with E-state index in [1.807, 2.05) is 18.2 Å². The first kappa shape index (κ1) is 8.42. The molecule has 0 heterocycles. The molecule has 2 nitrogen and oxygen atoms in total. The third-order valence-corrected chi connectivity index (χ3v) is 2.62. The SMILES string of the molecule is Oc1ccccc1NC1CCCC1. The van der Waals surface area contributed by atoms with Crippen LogP contribution >= 0.6 is 0 Å². The number of phenolic OH excluding ortho intramolecular Hbond substituents is 1. The Balaban J connectivity index is 2.04. The molecule has 1 aromatic carbocycles. The third-order valence-electron chi connectivity index (χ3n) is 2.62. The van der Waals surface area contributed by atoms with Gasteiger partial charge in [0, 0.05) is 6.04 Å². The van der Waals surface area contributed by atoms with Crippen molar-refractivity contribution >= 4 is 5.69 Å². The van der Waals surface area contributed by atoms with Gasteiger partial charge in [-0.25, -0.2) is 0 Å². The standard InChI is InChI=1S/C11H15NO/c13-11-8-4-3-7-10(11)12-9-5-1-2-6-9/h3-4,7-9,12-13H,1-2,5-6H2. The van der Waals surface area contributed by atoms with E-state index in [0.717, 1.165) is 5.69 Å². The van der Waals surface area contributed by atoms with Crippen molar-refractivity contribution in [1.29, 1.82) is 0 Å². The number of anilines is 1. The number of aromatic hydroxyl groups is 1. The van der Waals surface area contributed by atoms with Gasteiger partial charge in [0.05, 0.1) is 5.69 Å². The number of nitrogens with one attached hydrogen (secondary N) is 1. The first-order chi connectivity index (χ1) is 6.36. The van der Waals surface area contributed by atoms with Crippen LogP contribution in [0.2, 0.25) is 0 Å². The Morgan fingerprint density at radius 1 is 1.15 bits per heavy atom. The van der Waals surface area contributed by atoms with Gasteiger partial charge in [-0.2, -0.15) is 0 Å². The Labute approximate surface area is 78.6 Å². The Kier molecular flexibility index (Phi) is 2.39. The largest absolute Gasteiger partial charge is 0.506 e. The van der Waals surface area contributed by atoms with Crippen LogP contribution in [0.5, 0.6) is 5.75 Å². The van der Waals surface area contributed by atoms with Crippen molar-refractivity contribution in [2.24, 2.45) is 0 Å². The highest BCUT2D eigenvalue weighted by atomic mass is 16.3. The van der Waals surface area contributed by atoms with Gasteiger partial charge in [-0.05, 0) is 25.0 Å². The Morgan fingerprint density at radius 3 is 2.54 bits per heavy atom. The molecule has 1 aromatic rings. The molecule has 0 aromatic heterocycles. The van der Waals surface area contributed by atoms with Gasteiger partial charge in [0.25, 0.3) is 0 Å². The monoisotopic (exact) mass is 177 g/mol. The summed E-state index contributed by atoms with van der Waals surface area (Å²) in [5.74, 6) is 0.356. The van der Waals surface area contributed by atoms with E-state index in [0.29, 0.717) is 11.8 Å². The van der Waals surface area contributed by atoms with Crippen LogP contribution in [0, 0.1) is 0 Å². The molecule has 0 amide bonds. The summed E-state index contributed by atoms with van der Waals surface area (Å²) in [4.78, 5) is 0. The maximum absolute atomic E-state index is 9.51. The van der Waals surface area contributed by atoms with Crippen molar-refractivity contribution in [3.05, 3.63) is 24.3 Å². The normalized spacial score (nSPS) is 17.5. The smallest absolute Gasteiger partial charge is 0.138 e. The van der Waals surface area contributed by atoms with E-state index in [-0.39, 0.29) is 0 Å². The summed E-state index contributed by atoms with van der Waals surface area (Å²) in [7, 11) is 0. The van der Waals surface area contributed by atoms with Crippen LogP contribution in [0.3, 0.4) is 0 Å². The van der Waals surface area contributed by atoms with Crippen LogP contribution in [0.4, 0.5) is 5.69 Å². The minimum atomic E-state index is 0.356. The summed E-state index contributed by atoms with van der Waals surface area (Å²) < 4.78 is 0. The molecule has 0 bridgehead atoms. The van der Waals surface area contributed by atoms with Crippen LogP contribution in [0.1, 0.15) is 25.7 Å². The zero-order valence-electron chi connectivity index (χ0n) is 7.66. The van der Waals surface area contributed by atoms with Gasteiger partial charge in [-0.15, -0.1) is 0 Å². The number of para-hydroxylation sites is 2. The number of benzene rings is 1. The lowest BCUT2D eigenvalue weighted by Gasteiger charge is -2.14. The van der Waals surface area contributed by atoms with Gasteiger partial charge in [0.1, 0.15) is 5.75 Å². The number of hydrogen-bond donors (Lipinski definition) is 2. The van der Waals surface area contributed by atoms with Crippen molar-refractivity contribution < 1.29 is 5.11 Å². The molecule has 0 atom stereocenters. The maximum Gasteiger partial charge on any atom is 0.138 e. The van der Waals surface area contributed by atoms with Crippen molar-refractivity contribution in [3.63, 3.8) is 0 Å². The summed E-state index contributed by atoms with van der Waals surface area (Å²) in [6, 6.07) is 7.99. The highest BCUT2D eigenvalue weighted by Crippen LogP contribution is 2.27. The van der Waals surface area contributed by atoms with Crippen molar-refractivity contribution in [3.8, 4) is 5.75 Å². The minimum absolute atomic E-state index is 0.356. The van der Waals surface area contributed by atoms with E-state index in [2.05, 4.69) is 5.32 Å². The number of phenols is 1. The molecule has 1 saturated carbocycles. The third kappa shape index (κ3) is 1.94. The van der Waals surface area contributed by atoms with Gasteiger partial charge < -0.3 is 10.4 Å². The van der Waals surface area contributed by atoms with E-state index in [4.69, 9.17) is 0 Å². The molecule has 0 unspecified atom stereocenters. The highest BCUT2D eigenvalue weighted by Gasteiger charge is 2.15. The summed E-state index contributed by atoms with van der Waals surface area (Å²) in [5.41, 5.74) is 0.870. The first-order valence-corrected chi connectivity index (χ1v) is 4.91. The molecule has 0 spiro atoms. The second kappa shape index (κ2) is 3.69. The van der Waals surface area contributed by atoms with E-state index < -0.39 is 0 Å². The molecule has 13 heavy (non-hydrogen) atoms. The van der Waals surface area contributed by atoms with Crippen molar-refractivity contribution in [2.75, 3.05) is 5.32 Å². The van der Waals surface area contributed by atoms with Gasteiger partial charge in [0.2, 0.25) is 0 Å². The zero-order chi connectivity index (χ0) is 9.10. The quantitative estimate of drug-likeness (QED) is 0.681. The van der Waals surface area contributed by atoms with Crippen LogP contribution in [-0.2, 0) is 0 Å². The molecule has 2 N–H and O–H groups in total. The fraction of sp³-hybridized carbons (Fsp3) is 0.455. The second-order valence-electron chi connectivity index (χ2n) is 3.64. The molecule has 0 aliphatic heterocycles. The van der Waals surface area contributed by atoms with E-state index in [1.165, 1.54) is 25.7 Å². The fourth-order valence-corrected chi connectivity index (χ4v) is 1.89. The van der Waals surface area contributed by atoms with E-state index in [1.54, 1.807) is 6.07 Å². The Morgan fingerprint density at radius 2 is 1.85 bits per heavy atom. The first-order valence-electron chi connectivity index (χ1n) is 4.91. The summed E-state index contributed by atoms with van der Waals surface area (Å²) in [5, 5.41) is 12.9. The lowest BCUT2D eigenvalue weighted by Crippen LogP contribution is -2.14. The molecule has 1 aliphatic carbocycles. The van der Waals surface area contributed by atoms with Gasteiger partial charge in [-0.3, -0.25) is 0 Å². The molecule has 70 valence electrons. The minimum Gasteiger partial charge on any atom is -0.506 e. The van der Waals surface area contributed by atoms with Crippen LogP contribution < -0.4 is 5.32 Å². The summed E-state index contributed by atoms with van der Waals surface area (Å²) in [6.07, 6.45) is 5.08. The molecule has 0 saturated heterocycles. The van der Waals surface area contributed by atoms with Crippen LogP contribution in [0.25, 0.3) is 0 Å². The van der Waals surface area contributed by atoms with Crippen LogP contribution in [0.15, 0.2) is 24.3 Å². The zero-order valence-corrected chi connectivity index (χ0v) is 7.66. The molecule has 2 heteroatoms.